The molecule has 0 aliphatic rings. The molecular formula is C18H19N3O4S2. The first-order valence-electron chi connectivity index (χ1n) is 8.12. The Morgan fingerprint density at radius 2 is 2.15 bits per heavy atom. The van der Waals surface area contributed by atoms with Gasteiger partial charge in [-0.25, -0.2) is 0 Å². The van der Waals surface area contributed by atoms with E-state index in [1.807, 2.05) is 42.6 Å². The van der Waals surface area contributed by atoms with Crippen LogP contribution < -0.4 is 14.8 Å². The lowest BCUT2D eigenvalue weighted by Crippen LogP contribution is -2.28. The zero-order valence-electron chi connectivity index (χ0n) is 15.1. The molecule has 1 amide bonds. The van der Waals surface area contributed by atoms with Crippen molar-refractivity contribution in [3.05, 3.63) is 41.3 Å². The van der Waals surface area contributed by atoms with Crippen LogP contribution in [0.4, 0.5) is 0 Å². The number of carbonyl (C=O) groups excluding carboxylic acids is 1. The van der Waals surface area contributed by atoms with Crippen molar-refractivity contribution < 1.29 is 18.7 Å². The van der Waals surface area contributed by atoms with Gasteiger partial charge in [0.1, 0.15) is 11.5 Å². The Hall–Kier alpha value is -2.52. The number of aromatic nitrogens is 2. The minimum absolute atomic E-state index is 0.145. The van der Waals surface area contributed by atoms with Crippen molar-refractivity contribution in [3.8, 4) is 22.3 Å². The van der Waals surface area contributed by atoms with Crippen LogP contribution in [0.25, 0.3) is 10.8 Å². The average molecular weight is 406 g/mol. The quantitative estimate of drug-likeness (QED) is 0.571. The summed E-state index contributed by atoms with van der Waals surface area (Å²) in [6.07, 6.45) is 0. The van der Waals surface area contributed by atoms with Crippen molar-refractivity contribution in [2.75, 3.05) is 20.0 Å². The lowest BCUT2D eigenvalue weighted by molar-refractivity contribution is -0.119. The predicted octanol–water partition coefficient (Wildman–Crippen LogP) is 3.78. The molecule has 3 rings (SSSR count). The zero-order valence-corrected chi connectivity index (χ0v) is 16.7. The van der Waals surface area contributed by atoms with E-state index in [9.17, 15) is 4.79 Å². The van der Waals surface area contributed by atoms with Crippen LogP contribution in [0.2, 0.25) is 0 Å². The average Bonchev–Trinajstić information content (AvgIpc) is 3.37. The molecule has 1 N–H and O–H groups in total. The van der Waals surface area contributed by atoms with Gasteiger partial charge in [-0.15, -0.1) is 21.5 Å². The van der Waals surface area contributed by atoms with E-state index in [1.54, 1.807) is 14.2 Å². The predicted molar refractivity (Wildman–Crippen MR) is 104 cm³/mol. The summed E-state index contributed by atoms with van der Waals surface area (Å²) in [5.74, 6) is 1.88. The second-order valence-electron chi connectivity index (χ2n) is 5.54. The smallest absolute Gasteiger partial charge is 0.277 e. The van der Waals surface area contributed by atoms with E-state index >= 15 is 0 Å². The summed E-state index contributed by atoms with van der Waals surface area (Å²) in [7, 11) is 3.19. The standard InChI is InChI=1S/C18H19N3O4S2/c1-11(13-9-12(23-2)6-7-14(13)24-3)19-16(22)10-27-18-21-20-17(25-18)15-5-4-8-26-15/h4-9,11H,10H2,1-3H3,(H,19,22)/t11-/m0/s1. The molecule has 0 aliphatic heterocycles. The van der Waals surface area contributed by atoms with Gasteiger partial charge in [-0.2, -0.15) is 0 Å². The number of ether oxygens (including phenoxy) is 2. The number of hydrogen-bond acceptors (Lipinski definition) is 8. The topological polar surface area (TPSA) is 86.5 Å². The molecule has 142 valence electrons. The number of hydrogen-bond donors (Lipinski definition) is 1. The number of methoxy groups -OCH3 is 2. The van der Waals surface area contributed by atoms with Crippen LogP contribution in [0.1, 0.15) is 18.5 Å². The molecule has 0 bridgehead atoms. The number of carbonyl (C=O) groups is 1. The Morgan fingerprint density at radius 1 is 1.30 bits per heavy atom. The van der Waals surface area contributed by atoms with E-state index in [4.69, 9.17) is 13.9 Å². The molecule has 2 heterocycles. The van der Waals surface area contributed by atoms with Crippen LogP contribution in [0.15, 0.2) is 45.4 Å². The van der Waals surface area contributed by atoms with Crippen molar-refractivity contribution in [2.24, 2.45) is 0 Å². The SMILES string of the molecule is COc1ccc(OC)c([C@H](C)NC(=O)CSc2nnc(-c3cccs3)o2)c1. The maximum Gasteiger partial charge on any atom is 0.277 e. The van der Waals surface area contributed by atoms with Gasteiger partial charge in [0.25, 0.3) is 11.1 Å². The van der Waals surface area contributed by atoms with E-state index < -0.39 is 0 Å². The van der Waals surface area contributed by atoms with E-state index in [0.29, 0.717) is 22.6 Å². The van der Waals surface area contributed by atoms with Crippen LogP contribution in [0.5, 0.6) is 11.5 Å². The zero-order chi connectivity index (χ0) is 19.2. The molecule has 0 unspecified atom stereocenters. The van der Waals surface area contributed by atoms with Gasteiger partial charge in [-0.3, -0.25) is 4.79 Å². The Kier molecular flexibility index (Phi) is 6.36. The van der Waals surface area contributed by atoms with E-state index in [-0.39, 0.29) is 17.7 Å². The highest BCUT2D eigenvalue weighted by Crippen LogP contribution is 2.30. The number of benzene rings is 1. The van der Waals surface area contributed by atoms with Crippen molar-refractivity contribution in [3.63, 3.8) is 0 Å². The van der Waals surface area contributed by atoms with Gasteiger partial charge in [0.05, 0.1) is 30.9 Å². The van der Waals surface area contributed by atoms with Gasteiger partial charge < -0.3 is 19.2 Å². The fraction of sp³-hybridized carbons (Fsp3) is 0.278. The monoisotopic (exact) mass is 405 g/mol. The number of nitrogens with zero attached hydrogens (tertiary/aromatic N) is 2. The van der Waals surface area contributed by atoms with Crippen LogP contribution >= 0.6 is 23.1 Å². The molecule has 1 aromatic carbocycles. The third kappa shape index (κ3) is 4.81. The molecule has 1 atom stereocenters. The van der Waals surface area contributed by atoms with Crippen LogP contribution in [0.3, 0.4) is 0 Å². The maximum absolute atomic E-state index is 12.3. The third-order valence-corrected chi connectivity index (χ3v) is 5.42. The molecule has 0 spiro atoms. The lowest BCUT2D eigenvalue weighted by atomic mass is 10.1. The highest BCUT2D eigenvalue weighted by molar-refractivity contribution is 7.99. The van der Waals surface area contributed by atoms with Gasteiger partial charge in [0.2, 0.25) is 5.91 Å². The summed E-state index contributed by atoms with van der Waals surface area (Å²) >= 11 is 2.72. The fourth-order valence-electron chi connectivity index (χ4n) is 2.43. The first-order valence-corrected chi connectivity index (χ1v) is 9.98. The van der Waals surface area contributed by atoms with Crippen LogP contribution in [0, 0.1) is 0 Å². The summed E-state index contributed by atoms with van der Waals surface area (Å²) in [6.45, 7) is 1.89. The normalized spacial score (nSPS) is 11.8. The van der Waals surface area contributed by atoms with Gasteiger partial charge >= 0.3 is 0 Å². The molecule has 7 nitrogen and oxygen atoms in total. The minimum Gasteiger partial charge on any atom is -0.497 e. The number of rotatable bonds is 8. The Balaban J connectivity index is 1.58. The van der Waals surface area contributed by atoms with Crippen molar-refractivity contribution >= 4 is 29.0 Å². The highest BCUT2D eigenvalue weighted by atomic mass is 32.2. The number of nitrogens with one attached hydrogen (secondary N) is 1. The molecule has 0 saturated carbocycles. The van der Waals surface area contributed by atoms with Crippen molar-refractivity contribution in [1.29, 1.82) is 0 Å². The highest BCUT2D eigenvalue weighted by Gasteiger charge is 2.17. The van der Waals surface area contributed by atoms with E-state index in [0.717, 1.165) is 10.4 Å². The first kappa shape index (κ1) is 19.2. The van der Waals surface area contributed by atoms with Gasteiger partial charge in [0.15, 0.2) is 0 Å². The fourth-order valence-corrected chi connectivity index (χ4v) is 3.65. The first-order chi connectivity index (χ1) is 13.1. The van der Waals surface area contributed by atoms with Crippen molar-refractivity contribution in [2.45, 2.75) is 18.2 Å². The Morgan fingerprint density at radius 3 is 2.85 bits per heavy atom. The molecule has 27 heavy (non-hydrogen) atoms. The van der Waals surface area contributed by atoms with Gasteiger partial charge in [-0.1, -0.05) is 17.8 Å². The molecule has 9 heteroatoms. The lowest BCUT2D eigenvalue weighted by Gasteiger charge is -2.18. The van der Waals surface area contributed by atoms with Gasteiger partial charge in [0, 0.05) is 5.56 Å². The van der Waals surface area contributed by atoms with Gasteiger partial charge in [-0.05, 0) is 36.6 Å². The molecule has 2 aromatic heterocycles. The molecular weight excluding hydrogens is 386 g/mol. The summed E-state index contributed by atoms with van der Waals surface area (Å²) in [5.41, 5.74) is 0.841. The number of amides is 1. The number of thioether (sulfide) groups is 1. The van der Waals surface area contributed by atoms with E-state index in [2.05, 4.69) is 15.5 Å². The molecule has 0 saturated heterocycles. The summed E-state index contributed by atoms with van der Waals surface area (Å²) in [4.78, 5) is 13.2. The van der Waals surface area contributed by atoms with Crippen LogP contribution in [-0.4, -0.2) is 36.1 Å². The number of thiophene rings is 1. The van der Waals surface area contributed by atoms with E-state index in [1.165, 1.54) is 23.1 Å². The molecule has 0 fully saturated rings. The maximum atomic E-state index is 12.3. The summed E-state index contributed by atoms with van der Waals surface area (Å²) < 4.78 is 16.2. The third-order valence-electron chi connectivity index (χ3n) is 3.75. The van der Waals surface area contributed by atoms with Crippen LogP contribution in [-0.2, 0) is 4.79 Å². The minimum atomic E-state index is -0.243. The Labute approximate surface area is 165 Å². The second kappa shape index (κ2) is 8.92. The molecule has 3 aromatic rings. The summed E-state index contributed by atoms with van der Waals surface area (Å²) in [5, 5.41) is 13.2. The Bertz CT molecular complexity index is 896. The second-order valence-corrected chi connectivity index (χ2v) is 7.41. The largest absolute Gasteiger partial charge is 0.497 e. The molecule has 0 radical (unpaired) electrons. The molecule has 0 aliphatic carbocycles. The summed E-state index contributed by atoms with van der Waals surface area (Å²) in [6, 6.07) is 9.06. The van der Waals surface area contributed by atoms with Crippen molar-refractivity contribution in [1.82, 2.24) is 15.5 Å².